The number of carbonyl (C=O) groups is 1. The van der Waals surface area contributed by atoms with Gasteiger partial charge in [-0.1, -0.05) is 0 Å². The molecule has 4 heteroatoms. The van der Waals surface area contributed by atoms with Crippen LogP contribution in [0.3, 0.4) is 0 Å². The summed E-state index contributed by atoms with van der Waals surface area (Å²) in [5.74, 6) is 0.257. The van der Waals surface area contributed by atoms with Crippen molar-refractivity contribution in [2.45, 2.75) is 50.7 Å². The van der Waals surface area contributed by atoms with Gasteiger partial charge in [-0.15, -0.1) is 0 Å². The summed E-state index contributed by atoms with van der Waals surface area (Å²) in [5, 5.41) is 0. The standard InChI is InChI=1S/C14H19N3O/c1-9-6-7-16-8-11(9)14-12(15)4-5-13(18)17(14)10-2-3-10/h6-8,10,12,14H,2-5,15H2,1H3. The van der Waals surface area contributed by atoms with E-state index in [2.05, 4.69) is 11.9 Å². The molecule has 96 valence electrons. The lowest BCUT2D eigenvalue weighted by atomic mass is 9.89. The van der Waals surface area contributed by atoms with Crippen LogP contribution in [0.4, 0.5) is 0 Å². The van der Waals surface area contributed by atoms with E-state index in [0.717, 1.165) is 24.8 Å². The molecule has 1 saturated carbocycles. The molecule has 1 amide bonds. The van der Waals surface area contributed by atoms with E-state index in [0.29, 0.717) is 12.5 Å². The Morgan fingerprint density at radius 2 is 2.17 bits per heavy atom. The molecule has 2 N–H and O–H groups in total. The molecule has 2 aliphatic rings. The molecule has 2 heterocycles. The Balaban J connectivity index is 2.00. The molecular weight excluding hydrogens is 226 g/mol. The molecule has 2 atom stereocenters. The molecule has 1 saturated heterocycles. The Morgan fingerprint density at radius 1 is 1.39 bits per heavy atom. The minimum atomic E-state index is 0.0208. The first-order valence-electron chi connectivity index (χ1n) is 6.65. The molecule has 0 spiro atoms. The molecule has 2 fully saturated rings. The van der Waals surface area contributed by atoms with Crippen LogP contribution in [0.1, 0.15) is 42.9 Å². The van der Waals surface area contributed by atoms with Crippen LogP contribution in [0.15, 0.2) is 18.5 Å². The van der Waals surface area contributed by atoms with E-state index in [1.54, 1.807) is 6.20 Å². The van der Waals surface area contributed by atoms with Crippen LogP contribution in [0.2, 0.25) is 0 Å². The van der Waals surface area contributed by atoms with Crippen molar-refractivity contribution in [1.29, 1.82) is 0 Å². The van der Waals surface area contributed by atoms with Gasteiger partial charge in [0, 0.05) is 30.9 Å². The van der Waals surface area contributed by atoms with Gasteiger partial charge in [-0.2, -0.15) is 0 Å². The van der Waals surface area contributed by atoms with Gasteiger partial charge < -0.3 is 10.6 Å². The van der Waals surface area contributed by atoms with Crippen LogP contribution in [0.25, 0.3) is 0 Å². The summed E-state index contributed by atoms with van der Waals surface area (Å²) >= 11 is 0. The van der Waals surface area contributed by atoms with Gasteiger partial charge in [0.05, 0.1) is 6.04 Å². The van der Waals surface area contributed by atoms with Gasteiger partial charge in [0.2, 0.25) is 5.91 Å². The summed E-state index contributed by atoms with van der Waals surface area (Å²) in [4.78, 5) is 18.4. The second kappa shape index (κ2) is 4.35. The fourth-order valence-corrected chi connectivity index (χ4v) is 2.89. The van der Waals surface area contributed by atoms with Crippen LogP contribution in [-0.2, 0) is 4.79 Å². The summed E-state index contributed by atoms with van der Waals surface area (Å²) in [6, 6.07) is 2.46. The molecule has 0 bridgehead atoms. The number of nitrogens with zero attached hydrogens (tertiary/aromatic N) is 2. The normalized spacial score (nSPS) is 28.6. The van der Waals surface area contributed by atoms with E-state index in [1.807, 2.05) is 17.2 Å². The molecule has 0 aromatic carbocycles. The van der Waals surface area contributed by atoms with E-state index in [9.17, 15) is 4.79 Å². The number of pyridine rings is 1. The number of rotatable bonds is 2. The average Bonchev–Trinajstić information content (AvgIpc) is 3.17. The lowest BCUT2D eigenvalue weighted by Gasteiger charge is -2.40. The van der Waals surface area contributed by atoms with Crippen LogP contribution >= 0.6 is 0 Å². The zero-order valence-corrected chi connectivity index (χ0v) is 10.7. The van der Waals surface area contributed by atoms with Crippen molar-refractivity contribution in [3.63, 3.8) is 0 Å². The summed E-state index contributed by atoms with van der Waals surface area (Å²) in [6.07, 6.45) is 7.27. The third kappa shape index (κ3) is 1.90. The largest absolute Gasteiger partial charge is 0.331 e. The highest BCUT2D eigenvalue weighted by Gasteiger charge is 2.43. The Bertz CT molecular complexity index is 470. The number of likely N-dealkylation sites (tertiary alicyclic amines) is 1. The highest BCUT2D eigenvalue weighted by Crippen LogP contribution is 2.40. The number of aryl methyl sites for hydroxylation is 1. The van der Waals surface area contributed by atoms with E-state index in [1.165, 1.54) is 5.56 Å². The van der Waals surface area contributed by atoms with Crippen molar-refractivity contribution in [2.75, 3.05) is 0 Å². The van der Waals surface area contributed by atoms with Crippen molar-refractivity contribution in [2.24, 2.45) is 5.73 Å². The second-order valence-corrected chi connectivity index (χ2v) is 5.41. The van der Waals surface area contributed by atoms with Crippen LogP contribution < -0.4 is 5.73 Å². The number of nitrogens with two attached hydrogens (primary N) is 1. The van der Waals surface area contributed by atoms with Crippen LogP contribution in [0.5, 0.6) is 0 Å². The first kappa shape index (κ1) is 11.7. The molecule has 18 heavy (non-hydrogen) atoms. The molecule has 4 nitrogen and oxygen atoms in total. The highest BCUT2D eigenvalue weighted by molar-refractivity contribution is 5.78. The predicted molar refractivity (Wildman–Crippen MR) is 68.8 cm³/mol. The smallest absolute Gasteiger partial charge is 0.223 e. The fraction of sp³-hybridized carbons (Fsp3) is 0.571. The number of carbonyl (C=O) groups excluding carboxylic acids is 1. The third-order valence-electron chi connectivity index (χ3n) is 4.02. The highest BCUT2D eigenvalue weighted by atomic mass is 16.2. The molecule has 0 radical (unpaired) electrons. The van der Waals surface area contributed by atoms with Crippen molar-refractivity contribution in [3.05, 3.63) is 29.6 Å². The number of amides is 1. The van der Waals surface area contributed by atoms with Gasteiger partial charge >= 0.3 is 0 Å². The van der Waals surface area contributed by atoms with Gasteiger partial charge in [-0.05, 0) is 43.4 Å². The molecule has 1 aromatic rings. The average molecular weight is 245 g/mol. The van der Waals surface area contributed by atoms with Gasteiger partial charge in [-0.3, -0.25) is 9.78 Å². The van der Waals surface area contributed by atoms with Crippen molar-refractivity contribution >= 4 is 5.91 Å². The molecule has 3 rings (SSSR count). The van der Waals surface area contributed by atoms with Crippen LogP contribution in [-0.4, -0.2) is 27.9 Å². The van der Waals surface area contributed by atoms with Crippen molar-refractivity contribution < 1.29 is 4.79 Å². The zero-order chi connectivity index (χ0) is 12.7. The third-order valence-corrected chi connectivity index (χ3v) is 4.02. The van der Waals surface area contributed by atoms with Crippen molar-refractivity contribution in [1.82, 2.24) is 9.88 Å². The van der Waals surface area contributed by atoms with E-state index in [-0.39, 0.29) is 18.0 Å². The summed E-state index contributed by atoms with van der Waals surface area (Å²) in [5.41, 5.74) is 8.56. The number of piperidine rings is 1. The molecule has 1 aromatic heterocycles. The minimum absolute atomic E-state index is 0.0208. The molecular formula is C14H19N3O. The van der Waals surface area contributed by atoms with Gasteiger partial charge in [0.1, 0.15) is 0 Å². The Hall–Kier alpha value is -1.42. The SMILES string of the molecule is Cc1ccncc1C1C(N)CCC(=O)N1C1CC1. The zero-order valence-electron chi connectivity index (χ0n) is 10.7. The summed E-state index contributed by atoms with van der Waals surface area (Å²) in [6.45, 7) is 2.06. The topological polar surface area (TPSA) is 59.2 Å². The van der Waals surface area contributed by atoms with Crippen molar-refractivity contribution in [3.8, 4) is 0 Å². The Kier molecular flexibility index (Phi) is 2.82. The first-order chi connectivity index (χ1) is 8.68. The number of hydrogen-bond donors (Lipinski definition) is 1. The Labute approximate surface area is 107 Å². The van der Waals surface area contributed by atoms with E-state index < -0.39 is 0 Å². The maximum Gasteiger partial charge on any atom is 0.223 e. The summed E-state index contributed by atoms with van der Waals surface area (Å²) < 4.78 is 0. The quantitative estimate of drug-likeness (QED) is 0.860. The summed E-state index contributed by atoms with van der Waals surface area (Å²) in [7, 11) is 0. The fourth-order valence-electron chi connectivity index (χ4n) is 2.89. The first-order valence-corrected chi connectivity index (χ1v) is 6.65. The maximum atomic E-state index is 12.2. The van der Waals surface area contributed by atoms with Crippen LogP contribution in [0, 0.1) is 6.92 Å². The van der Waals surface area contributed by atoms with E-state index in [4.69, 9.17) is 5.73 Å². The monoisotopic (exact) mass is 245 g/mol. The molecule has 1 aliphatic carbocycles. The lowest BCUT2D eigenvalue weighted by molar-refractivity contribution is -0.138. The molecule has 2 unspecified atom stereocenters. The van der Waals surface area contributed by atoms with E-state index >= 15 is 0 Å². The Morgan fingerprint density at radius 3 is 2.83 bits per heavy atom. The van der Waals surface area contributed by atoms with Gasteiger partial charge in [0.15, 0.2) is 0 Å². The predicted octanol–water partition coefficient (Wildman–Crippen LogP) is 1.54. The van der Waals surface area contributed by atoms with Gasteiger partial charge in [-0.25, -0.2) is 0 Å². The number of hydrogen-bond acceptors (Lipinski definition) is 3. The lowest BCUT2D eigenvalue weighted by Crippen LogP contribution is -2.50. The maximum absolute atomic E-state index is 12.2. The minimum Gasteiger partial charge on any atom is -0.331 e. The second-order valence-electron chi connectivity index (χ2n) is 5.41. The molecule has 1 aliphatic heterocycles. The van der Waals surface area contributed by atoms with Gasteiger partial charge in [0.25, 0.3) is 0 Å². The number of aromatic nitrogens is 1.